The van der Waals surface area contributed by atoms with Gasteiger partial charge in [0.1, 0.15) is 6.61 Å². The fraction of sp³-hybridized carbons (Fsp3) is 0.296. The molecule has 0 bridgehead atoms. The van der Waals surface area contributed by atoms with Gasteiger partial charge < -0.3 is 10.1 Å². The monoisotopic (exact) mass is 431 g/mol. The van der Waals surface area contributed by atoms with Crippen LogP contribution >= 0.6 is 11.3 Å². The lowest BCUT2D eigenvalue weighted by atomic mass is 9.98. The number of benzene rings is 2. The van der Waals surface area contributed by atoms with Gasteiger partial charge in [-0.3, -0.25) is 0 Å². The van der Waals surface area contributed by atoms with Crippen molar-refractivity contribution in [1.29, 1.82) is 0 Å². The van der Waals surface area contributed by atoms with Crippen LogP contribution in [0.3, 0.4) is 0 Å². The zero-order valence-corrected chi connectivity index (χ0v) is 18.8. The molecule has 31 heavy (non-hydrogen) atoms. The highest BCUT2D eigenvalue weighted by atomic mass is 32.1. The number of ether oxygens (including phenoxy) is 1. The molecule has 0 atom stereocenters. The molecule has 0 fully saturated rings. The molecule has 0 spiro atoms. The summed E-state index contributed by atoms with van der Waals surface area (Å²) in [7, 11) is 0. The molecule has 0 unspecified atom stereocenters. The molecule has 1 N–H and O–H groups in total. The summed E-state index contributed by atoms with van der Waals surface area (Å²) in [4.78, 5) is 13.6. The van der Waals surface area contributed by atoms with E-state index in [1.165, 1.54) is 45.5 Å². The second-order valence-electron chi connectivity index (χ2n) is 7.86. The van der Waals surface area contributed by atoms with Crippen LogP contribution in [0, 0.1) is 0 Å². The standard InChI is InChI=1S/C27H29NO2S/c1-2-3-10-20-16-18-31-26(20)15-8-9-17-28-27(29)30-19-25-23-13-6-4-11-21(23)22-12-5-7-14-24(22)25/h4-8,11-16,18,25H,2-3,9-10,17,19H2,1H3,(H,28,29). The number of amides is 1. The molecular formula is C27H29NO2S. The minimum Gasteiger partial charge on any atom is -0.449 e. The Labute approximate surface area is 188 Å². The average molecular weight is 432 g/mol. The van der Waals surface area contributed by atoms with Crippen LogP contribution in [-0.4, -0.2) is 19.2 Å². The molecule has 0 saturated heterocycles. The fourth-order valence-corrected chi connectivity index (χ4v) is 5.04. The predicted molar refractivity (Wildman–Crippen MR) is 130 cm³/mol. The summed E-state index contributed by atoms with van der Waals surface area (Å²) in [6.07, 6.45) is 8.31. The minimum absolute atomic E-state index is 0.0958. The Balaban J connectivity index is 1.25. The SMILES string of the molecule is CCCCc1ccsc1C=CCCNC(=O)OCC1c2ccccc2-c2ccccc21. The molecule has 1 aromatic heterocycles. The third-order valence-electron chi connectivity index (χ3n) is 5.77. The van der Waals surface area contributed by atoms with Crippen molar-refractivity contribution in [1.82, 2.24) is 5.32 Å². The zero-order valence-electron chi connectivity index (χ0n) is 18.0. The smallest absolute Gasteiger partial charge is 0.407 e. The number of hydrogen-bond acceptors (Lipinski definition) is 3. The van der Waals surface area contributed by atoms with Crippen molar-refractivity contribution in [3.05, 3.63) is 87.6 Å². The van der Waals surface area contributed by atoms with Gasteiger partial charge in [0.25, 0.3) is 0 Å². The van der Waals surface area contributed by atoms with E-state index in [-0.39, 0.29) is 12.0 Å². The number of alkyl carbamates (subject to hydrolysis) is 1. The molecule has 3 nitrogen and oxygen atoms in total. The quantitative estimate of drug-likeness (QED) is 0.369. The van der Waals surface area contributed by atoms with Crippen molar-refractivity contribution < 1.29 is 9.53 Å². The van der Waals surface area contributed by atoms with Crippen molar-refractivity contribution in [3.8, 4) is 11.1 Å². The number of thiophene rings is 1. The van der Waals surface area contributed by atoms with E-state index >= 15 is 0 Å². The summed E-state index contributed by atoms with van der Waals surface area (Å²) in [6.45, 7) is 3.14. The van der Waals surface area contributed by atoms with Gasteiger partial charge in [-0.2, -0.15) is 0 Å². The van der Waals surface area contributed by atoms with Crippen LogP contribution in [0.25, 0.3) is 17.2 Å². The van der Waals surface area contributed by atoms with E-state index in [0.717, 1.165) is 12.8 Å². The third kappa shape index (κ3) is 5.08. The molecule has 1 aliphatic carbocycles. The Kier molecular flexibility index (Phi) is 7.21. The van der Waals surface area contributed by atoms with Crippen molar-refractivity contribution in [2.24, 2.45) is 0 Å². The average Bonchev–Trinajstić information content (AvgIpc) is 3.38. The van der Waals surface area contributed by atoms with E-state index in [1.54, 1.807) is 11.3 Å². The molecule has 160 valence electrons. The first-order chi connectivity index (χ1) is 15.3. The largest absolute Gasteiger partial charge is 0.449 e. The van der Waals surface area contributed by atoms with Gasteiger partial charge in [0.2, 0.25) is 0 Å². The van der Waals surface area contributed by atoms with Gasteiger partial charge in [0.15, 0.2) is 0 Å². The van der Waals surface area contributed by atoms with Gasteiger partial charge in [-0.15, -0.1) is 11.3 Å². The maximum Gasteiger partial charge on any atom is 0.407 e. The predicted octanol–water partition coefficient (Wildman–Crippen LogP) is 7.03. The van der Waals surface area contributed by atoms with E-state index in [0.29, 0.717) is 13.2 Å². The lowest BCUT2D eigenvalue weighted by Gasteiger charge is -2.14. The van der Waals surface area contributed by atoms with E-state index in [2.05, 4.69) is 72.2 Å². The van der Waals surface area contributed by atoms with Crippen molar-refractivity contribution in [2.75, 3.05) is 13.2 Å². The maximum atomic E-state index is 12.2. The van der Waals surface area contributed by atoms with E-state index in [9.17, 15) is 4.79 Å². The van der Waals surface area contributed by atoms with Crippen LogP contribution < -0.4 is 5.32 Å². The molecule has 1 aliphatic rings. The maximum absolute atomic E-state index is 12.2. The molecule has 1 amide bonds. The van der Waals surface area contributed by atoms with Crippen LogP contribution in [0.4, 0.5) is 4.79 Å². The number of nitrogens with one attached hydrogen (secondary N) is 1. The zero-order chi connectivity index (χ0) is 21.5. The van der Waals surface area contributed by atoms with Crippen LogP contribution in [0.5, 0.6) is 0 Å². The van der Waals surface area contributed by atoms with Gasteiger partial charge in [-0.05, 0) is 64.6 Å². The Bertz CT molecular complexity index is 1010. The Morgan fingerprint density at radius 3 is 2.48 bits per heavy atom. The van der Waals surface area contributed by atoms with Crippen LogP contribution in [-0.2, 0) is 11.2 Å². The van der Waals surface area contributed by atoms with Crippen molar-refractivity contribution in [3.63, 3.8) is 0 Å². The number of fused-ring (bicyclic) bond motifs is 3. The lowest BCUT2D eigenvalue weighted by molar-refractivity contribution is 0.143. The summed E-state index contributed by atoms with van der Waals surface area (Å²) >= 11 is 1.78. The van der Waals surface area contributed by atoms with Crippen molar-refractivity contribution >= 4 is 23.5 Å². The van der Waals surface area contributed by atoms with E-state index in [4.69, 9.17) is 4.74 Å². The molecule has 0 aliphatic heterocycles. The number of carbonyl (C=O) groups is 1. The Hall–Kier alpha value is -2.85. The first-order valence-electron chi connectivity index (χ1n) is 11.1. The number of unbranched alkanes of at least 4 members (excludes halogenated alkanes) is 1. The van der Waals surface area contributed by atoms with Crippen LogP contribution in [0.1, 0.15) is 53.7 Å². The first-order valence-corrected chi connectivity index (χ1v) is 12.0. The van der Waals surface area contributed by atoms with Crippen LogP contribution in [0.15, 0.2) is 66.1 Å². The summed E-state index contributed by atoms with van der Waals surface area (Å²) in [6, 6.07) is 19.0. The molecule has 4 heteroatoms. The highest BCUT2D eigenvalue weighted by Gasteiger charge is 2.28. The number of rotatable bonds is 9. The van der Waals surface area contributed by atoms with Crippen LogP contribution in [0.2, 0.25) is 0 Å². The highest BCUT2D eigenvalue weighted by molar-refractivity contribution is 7.11. The minimum atomic E-state index is -0.352. The lowest BCUT2D eigenvalue weighted by Crippen LogP contribution is -2.26. The number of aryl methyl sites for hydroxylation is 1. The first kappa shape index (κ1) is 21.4. The summed E-state index contributed by atoms with van der Waals surface area (Å²) in [5.74, 6) is 0.0958. The number of hydrogen-bond donors (Lipinski definition) is 1. The molecule has 3 aromatic rings. The highest BCUT2D eigenvalue weighted by Crippen LogP contribution is 2.44. The Morgan fingerprint density at radius 2 is 1.77 bits per heavy atom. The summed E-state index contributed by atoms with van der Waals surface area (Å²) < 4.78 is 5.58. The third-order valence-corrected chi connectivity index (χ3v) is 6.70. The second-order valence-corrected chi connectivity index (χ2v) is 8.80. The molecule has 0 saturated carbocycles. The summed E-state index contributed by atoms with van der Waals surface area (Å²) in [5, 5.41) is 5.03. The summed E-state index contributed by atoms with van der Waals surface area (Å²) in [5.41, 5.74) is 6.37. The second kappa shape index (κ2) is 10.5. The topological polar surface area (TPSA) is 38.3 Å². The molecule has 4 rings (SSSR count). The van der Waals surface area contributed by atoms with Gasteiger partial charge >= 0.3 is 6.09 Å². The number of carbonyl (C=O) groups excluding carboxylic acids is 1. The molecule has 1 heterocycles. The molecule has 0 radical (unpaired) electrons. The van der Waals surface area contributed by atoms with Gasteiger partial charge in [-0.1, -0.05) is 68.0 Å². The van der Waals surface area contributed by atoms with Crippen molar-refractivity contribution in [2.45, 2.75) is 38.5 Å². The van der Waals surface area contributed by atoms with E-state index < -0.39 is 0 Å². The molecular weight excluding hydrogens is 402 g/mol. The van der Waals surface area contributed by atoms with E-state index in [1.807, 2.05) is 12.1 Å². The van der Waals surface area contributed by atoms with Gasteiger partial charge in [0.05, 0.1) is 0 Å². The molecule has 2 aromatic carbocycles. The normalized spacial score (nSPS) is 12.7. The fourth-order valence-electron chi connectivity index (χ4n) is 4.16. The van der Waals surface area contributed by atoms with Gasteiger partial charge in [0, 0.05) is 17.3 Å². The Morgan fingerprint density at radius 1 is 1.06 bits per heavy atom. The van der Waals surface area contributed by atoms with Gasteiger partial charge in [-0.25, -0.2) is 4.79 Å².